The highest BCUT2D eigenvalue weighted by atomic mass is 14.7. The Bertz CT molecular complexity index is 234. The van der Waals surface area contributed by atoms with Gasteiger partial charge in [0.1, 0.15) is 0 Å². The van der Waals surface area contributed by atoms with Crippen LogP contribution in [0.1, 0.15) is 26.7 Å². The van der Waals surface area contributed by atoms with Crippen LogP contribution >= 0.6 is 0 Å². The van der Waals surface area contributed by atoms with Crippen molar-refractivity contribution in [3.05, 3.63) is 24.4 Å². The summed E-state index contributed by atoms with van der Waals surface area (Å²) in [5.74, 6) is 0. The van der Waals surface area contributed by atoms with Gasteiger partial charge in [-0.25, -0.2) is 0 Å². The van der Waals surface area contributed by atoms with E-state index in [2.05, 4.69) is 30.4 Å². The average molecular weight is 178 g/mol. The molecule has 0 radical (unpaired) electrons. The van der Waals surface area contributed by atoms with E-state index in [0.717, 1.165) is 24.1 Å². The largest absolute Gasteiger partial charge is 0.296 e. The first kappa shape index (κ1) is 11.8. The summed E-state index contributed by atoms with van der Waals surface area (Å²) in [5, 5.41) is 0. The summed E-state index contributed by atoms with van der Waals surface area (Å²) in [4.78, 5) is 8.12. The van der Waals surface area contributed by atoms with Crippen LogP contribution in [0.3, 0.4) is 0 Å². The lowest BCUT2D eigenvalue weighted by atomic mass is 10.1. The Labute approximate surface area is 80.8 Å². The second-order valence-electron chi connectivity index (χ2n) is 2.64. The van der Waals surface area contributed by atoms with Crippen LogP contribution in [0.2, 0.25) is 0 Å². The molecule has 0 saturated heterocycles. The molecular weight excluding hydrogens is 160 g/mol. The highest BCUT2D eigenvalue weighted by molar-refractivity contribution is 5.99. The molecule has 0 atom stereocenters. The molecule has 2 heteroatoms. The number of rotatable bonds is 5. The van der Waals surface area contributed by atoms with Crippen molar-refractivity contribution >= 4 is 11.9 Å². The third-order valence-electron chi connectivity index (χ3n) is 1.72. The molecule has 0 amide bonds. The first-order valence-electron chi connectivity index (χ1n) is 4.58. The topological polar surface area (TPSA) is 24.7 Å². The van der Waals surface area contributed by atoms with Gasteiger partial charge in [0.15, 0.2) is 0 Å². The summed E-state index contributed by atoms with van der Waals surface area (Å²) >= 11 is 0. The Kier molecular flexibility index (Phi) is 6.79. The Morgan fingerprint density at radius 3 is 2.46 bits per heavy atom. The van der Waals surface area contributed by atoms with E-state index in [1.807, 2.05) is 6.08 Å². The minimum Gasteiger partial charge on any atom is -0.296 e. The highest BCUT2D eigenvalue weighted by Gasteiger charge is 1.96. The average Bonchev–Trinajstić information content (AvgIpc) is 2.17. The lowest BCUT2D eigenvalue weighted by Crippen LogP contribution is -1.97. The van der Waals surface area contributed by atoms with Crippen LogP contribution in [0.25, 0.3) is 0 Å². The molecule has 0 unspecified atom stereocenters. The molecule has 0 aliphatic heterocycles. The van der Waals surface area contributed by atoms with Crippen LogP contribution in [-0.2, 0) is 0 Å². The second-order valence-corrected chi connectivity index (χ2v) is 2.64. The van der Waals surface area contributed by atoms with Crippen molar-refractivity contribution in [3.63, 3.8) is 0 Å². The predicted molar refractivity (Wildman–Crippen MR) is 60.7 cm³/mol. The van der Waals surface area contributed by atoms with Crippen molar-refractivity contribution in [2.45, 2.75) is 26.7 Å². The lowest BCUT2D eigenvalue weighted by Gasteiger charge is -2.02. The molecule has 0 aromatic carbocycles. The molecule has 13 heavy (non-hydrogen) atoms. The first-order chi connectivity index (χ1) is 6.26. The lowest BCUT2D eigenvalue weighted by molar-refractivity contribution is 1.14. The Balaban J connectivity index is 4.30. The summed E-state index contributed by atoms with van der Waals surface area (Å²) in [7, 11) is 1.74. The van der Waals surface area contributed by atoms with Crippen LogP contribution in [0.15, 0.2) is 34.4 Å². The zero-order valence-corrected chi connectivity index (χ0v) is 8.75. The van der Waals surface area contributed by atoms with Crippen molar-refractivity contribution in [2.75, 3.05) is 7.05 Å². The number of nitrogens with zero attached hydrogens (tertiary/aromatic N) is 2. The first-order valence-corrected chi connectivity index (χ1v) is 4.58. The van der Waals surface area contributed by atoms with Crippen LogP contribution < -0.4 is 0 Å². The van der Waals surface area contributed by atoms with Gasteiger partial charge in [0.25, 0.3) is 0 Å². The maximum Gasteiger partial charge on any atom is 0.0426 e. The van der Waals surface area contributed by atoms with Crippen molar-refractivity contribution in [1.29, 1.82) is 0 Å². The van der Waals surface area contributed by atoms with E-state index in [0.29, 0.717) is 0 Å². The summed E-state index contributed by atoms with van der Waals surface area (Å²) in [5.41, 5.74) is 2.18. The predicted octanol–water partition coefficient (Wildman–Crippen LogP) is 3.02. The summed E-state index contributed by atoms with van der Waals surface area (Å²) < 4.78 is 0. The SMILES string of the molecule is C=C(CC)C(CC)=N/C=C\C=NC. The molecule has 0 saturated carbocycles. The molecule has 0 aromatic rings. The molecule has 0 aromatic heterocycles. The van der Waals surface area contributed by atoms with Crippen LogP contribution in [-0.4, -0.2) is 19.0 Å². The molecule has 0 rings (SSSR count). The standard InChI is InChI=1S/C11H18N2/c1-5-10(3)11(6-2)13-9-7-8-12-4/h7-9H,3,5-6H2,1-2,4H3/b9-7-,12-8?,13-11?. The van der Waals surface area contributed by atoms with Crippen molar-refractivity contribution < 1.29 is 0 Å². The number of hydrogen-bond donors (Lipinski definition) is 0. The molecule has 0 aliphatic carbocycles. The second kappa shape index (κ2) is 7.47. The van der Waals surface area contributed by atoms with Gasteiger partial charge in [-0.1, -0.05) is 20.4 Å². The van der Waals surface area contributed by atoms with Crippen molar-refractivity contribution in [3.8, 4) is 0 Å². The molecule has 0 heterocycles. The molecule has 72 valence electrons. The highest BCUT2D eigenvalue weighted by Crippen LogP contribution is 2.04. The van der Waals surface area contributed by atoms with Gasteiger partial charge in [-0.05, 0) is 24.5 Å². The normalized spacial score (nSPS) is 13.0. The van der Waals surface area contributed by atoms with Gasteiger partial charge in [0.2, 0.25) is 0 Å². The van der Waals surface area contributed by atoms with Gasteiger partial charge < -0.3 is 0 Å². The third kappa shape index (κ3) is 5.12. The van der Waals surface area contributed by atoms with Crippen LogP contribution in [0, 0.1) is 0 Å². The molecular formula is C11H18N2. The van der Waals surface area contributed by atoms with E-state index in [9.17, 15) is 0 Å². The van der Waals surface area contributed by atoms with E-state index in [1.54, 1.807) is 19.5 Å². The van der Waals surface area contributed by atoms with E-state index in [-0.39, 0.29) is 0 Å². The number of hydrogen-bond acceptors (Lipinski definition) is 2. The Morgan fingerprint density at radius 1 is 1.31 bits per heavy atom. The van der Waals surface area contributed by atoms with Crippen LogP contribution in [0.4, 0.5) is 0 Å². The number of allylic oxidation sites excluding steroid dienone is 2. The van der Waals surface area contributed by atoms with Gasteiger partial charge in [0.05, 0.1) is 0 Å². The summed E-state index contributed by atoms with van der Waals surface area (Å²) in [6, 6.07) is 0. The monoisotopic (exact) mass is 178 g/mol. The third-order valence-corrected chi connectivity index (χ3v) is 1.72. The summed E-state index contributed by atoms with van der Waals surface area (Å²) in [6.45, 7) is 8.12. The Morgan fingerprint density at radius 2 is 2.00 bits per heavy atom. The minimum absolute atomic E-state index is 0.931. The zero-order chi connectivity index (χ0) is 10.1. The van der Waals surface area contributed by atoms with E-state index >= 15 is 0 Å². The van der Waals surface area contributed by atoms with E-state index < -0.39 is 0 Å². The van der Waals surface area contributed by atoms with Gasteiger partial charge >= 0.3 is 0 Å². The fourth-order valence-electron chi connectivity index (χ4n) is 0.894. The zero-order valence-electron chi connectivity index (χ0n) is 8.75. The Hall–Kier alpha value is -1.18. The van der Waals surface area contributed by atoms with Gasteiger partial charge in [-0.3, -0.25) is 9.98 Å². The molecule has 0 aliphatic rings. The van der Waals surface area contributed by atoms with Crippen molar-refractivity contribution in [1.82, 2.24) is 0 Å². The fourth-order valence-corrected chi connectivity index (χ4v) is 0.894. The van der Waals surface area contributed by atoms with Gasteiger partial charge in [0, 0.05) is 25.2 Å². The molecule has 0 fully saturated rings. The van der Waals surface area contributed by atoms with Crippen LogP contribution in [0.5, 0.6) is 0 Å². The number of aliphatic imine (C=N–C) groups is 2. The molecule has 2 nitrogen and oxygen atoms in total. The fraction of sp³-hybridized carbons (Fsp3) is 0.455. The minimum atomic E-state index is 0.931. The summed E-state index contributed by atoms with van der Waals surface area (Å²) in [6.07, 6.45) is 7.18. The smallest absolute Gasteiger partial charge is 0.0426 e. The van der Waals surface area contributed by atoms with E-state index in [1.165, 1.54) is 0 Å². The molecule has 0 bridgehead atoms. The maximum atomic E-state index is 4.30. The van der Waals surface area contributed by atoms with Gasteiger partial charge in [-0.2, -0.15) is 0 Å². The van der Waals surface area contributed by atoms with Gasteiger partial charge in [-0.15, -0.1) is 0 Å². The molecule has 0 spiro atoms. The molecule has 0 N–H and O–H groups in total. The maximum absolute atomic E-state index is 4.30. The van der Waals surface area contributed by atoms with E-state index in [4.69, 9.17) is 0 Å². The quantitative estimate of drug-likeness (QED) is 0.578. The van der Waals surface area contributed by atoms with Crippen molar-refractivity contribution in [2.24, 2.45) is 9.98 Å².